The highest BCUT2D eigenvalue weighted by molar-refractivity contribution is 5.76. The summed E-state index contributed by atoms with van der Waals surface area (Å²) in [5, 5.41) is 3.06. The third-order valence-corrected chi connectivity index (χ3v) is 2.85. The molecule has 0 saturated carbocycles. The maximum Gasteiger partial charge on any atom is 0.222 e. The van der Waals surface area contributed by atoms with E-state index in [-0.39, 0.29) is 0 Å². The van der Waals surface area contributed by atoms with Gasteiger partial charge in [0, 0.05) is 19.5 Å². The predicted octanol–water partition coefficient (Wildman–Crippen LogP) is 1.24. The molecule has 1 fully saturated rings. The van der Waals surface area contributed by atoms with Crippen LogP contribution in [0.2, 0.25) is 0 Å². The summed E-state index contributed by atoms with van der Waals surface area (Å²) < 4.78 is 0. The van der Waals surface area contributed by atoms with Crippen molar-refractivity contribution in [3.8, 4) is 0 Å². The summed E-state index contributed by atoms with van der Waals surface area (Å²) in [7, 11) is 1.92. The van der Waals surface area contributed by atoms with E-state index in [0.717, 1.165) is 32.5 Å². The maximum atomic E-state index is 11.7. The molecule has 1 amide bonds. The van der Waals surface area contributed by atoms with Gasteiger partial charge in [-0.25, -0.2) is 0 Å². The molecule has 0 atom stereocenters. The monoisotopic (exact) mass is 198 g/mol. The second-order valence-corrected chi connectivity index (χ2v) is 4.94. The SMILES string of the molecule is CNCCCC(=O)N1CCC(C)(C)C1. The highest BCUT2D eigenvalue weighted by Crippen LogP contribution is 2.29. The van der Waals surface area contributed by atoms with E-state index < -0.39 is 0 Å². The molecule has 0 aliphatic carbocycles. The van der Waals surface area contributed by atoms with Gasteiger partial charge in [-0.15, -0.1) is 0 Å². The minimum atomic E-state index is 0.325. The van der Waals surface area contributed by atoms with Crippen LogP contribution in [0, 0.1) is 5.41 Å². The molecule has 1 rings (SSSR count). The molecule has 1 heterocycles. The van der Waals surface area contributed by atoms with Crippen LogP contribution in [-0.4, -0.2) is 37.5 Å². The van der Waals surface area contributed by atoms with Gasteiger partial charge >= 0.3 is 0 Å². The van der Waals surface area contributed by atoms with E-state index in [1.54, 1.807) is 0 Å². The number of hydrogen-bond donors (Lipinski definition) is 1. The van der Waals surface area contributed by atoms with Crippen molar-refractivity contribution in [1.82, 2.24) is 10.2 Å². The highest BCUT2D eigenvalue weighted by Gasteiger charge is 2.31. The molecule has 82 valence electrons. The van der Waals surface area contributed by atoms with Crippen LogP contribution in [-0.2, 0) is 4.79 Å². The topological polar surface area (TPSA) is 32.3 Å². The van der Waals surface area contributed by atoms with Gasteiger partial charge in [0.15, 0.2) is 0 Å². The standard InChI is InChI=1S/C11H22N2O/c1-11(2)6-8-13(9-11)10(14)5-4-7-12-3/h12H,4-9H2,1-3H3. The number of rotatable bonds is 4. The molecule has 1 N–H and O–H groups in total. The Morgan fingerprint density at radius 3 is 2.71 bits per heavy atom. The minimum Gasteiger partial charge on any atom is -0.342 e. The van der Waals surface area contributed by atoms with E-state index in [4.69, 9.17) is 0 Å². The molecule has 0 aromatic heterocycles. The average Bonchev–Trinajstić information content (AvgIpc) is 2.46. The Kier molecular flexibility index (Phi) is 3.93. The fourth-order valence-corrected chi connectivity index (χ4v) is 1.90. The molecule has 0 aromatic rings. The summed E-state index contributed by atoms with van der Waals surface area (Å²) in [5.41, 5.74) is 0.332. The van der Waals surface area contributed by atoms with Crippen molar-refractivity contribution in [1.29, 1.82) is 0 Å². The lowest BCUT2D eigenvalue weighted by Gasteiger charge is -2.19. The van der Waals surface area contributed by atoms with Gasteiger partial charge in [-0.2, -0.15) is 0 Å². The van der Waals surface area contributed by atoms with Crippen LogP contribution < -0.4 is 5.32 Å². The summed E-state index contributed by atoms with van der Waals surface area (Å²) in [4.78, 5) is 13.7. The van der Waals surface area contributed by atoms with E-state index in [2.05, 4.69) is 19.2 Å². The minimum absolute atomic E-state index is 0.325. The Morgan fingerprint density at radius 2 is 2.21 bits per heavy atom. The predicted molar refractivity (Wildman–Crippen MR) is 58.1 cm³/mol. The highest BCUT2D eigenvalue weighted by atomic mass is 16.2. The first-order chi connectivity index (χ1) is 6.55. The number of nitrogens with zero attached hydrogens (tertiary/aromatic N) is 1. The summed E-state index contributed by atoms with van der Waals surface area (Å²) in [6.07, 6.45) is 2.79. The lowest BCUT2D eigenvalue weighted by molar-refractivity contribution is -0.130. The molecule has 1 aliphatic heterocycles. The first kappa shape index (κ1) is 11.5. The average molecular weight is 198 g/mol. The molecule has 0 bridgehead atoms. The second kappa shape index (κ2) is 4.78. The van der Waals surface area contributed by atoms with E-state index in [1.165, 1.54) is 0 Å². The van der Waals surface area contributed by atoms with Crippen molar-refractivity contribution >= 4 is 5.91 Å². The first-order valence-electron chi connectivity index (χ1n) is 5.47. The number of hydrogen-bond acceptors (Lipinski definition) is 2. The Hall–Kier alpha value is -0.570. The van der Waals surface area contributed by atoms with Crippen molar-refractivity contribution in [2.75, 3.05) is 26.7 Å². The second-order valence-electron chi connectivity index (χ2n) is 4.94. The molecular formula is C11H22N2O. The van der Waals surface area contributed by atoms with Gasteiger partial charge in [-0.05, 0) is 31.8 Å². The molecule has 0 radical (unpaired) electrons. The molecule has 1 saturated heterocycles. The summed E-state index contributed by atoms with van der Waals surface area (Å²) in [6, 6.07) is 0. The first-order valence-corrected chi connectivity index (χ1v) is 5.47. The summed E-state index contributed by atoms with van der Waals surface area (Å²) in [5.74, 6) is 0.325. The van der Waals surface area contributed by atoms with Gasteiger partial charge in [0.25, 0.3) is 0 Å². The number of carbonyl (C=O) groups is 1. The van der Waals surface area contributed by atoms with Crippen molar-refractivity contribution in [2.24, 2.45) is 5.41 Å². The Balaban J connectivity index is 2.25. The van der Waals surface area contributed by atoms with Crippen molar-refractivity contribution in [3.63, 3.8) is 0 Å². The quantitative estimate of drug-likeness (QED) is 0.689. The molecule has 1 aliphatic rings. The third-order valence-electron chi connectivity index (χ3n) is 2.85. The zero-order chi connectivity index (χ0) is 10.6. The fraction of sp³-hybridized carbons (Fsp3) is 0.909. The Morgan fingerprint density at radius 1 is 1.50 bits per heavy atom. The van der Waals surface area contributed by atoms with Crippen LogP contribution >= 0.6 is 0 Å². The van der Waals surface area contributed by atoms with Gasteiger partial charge in [0.05, 0.1) is 0 Å². The van der Waals surface area contributed by atoms with Crippen molar-refractivity contribution < 1.29 is 4.79 Å². The maximum absolute atomic E-state index is 11.7. The fourth-order valence-electron chi connectivity index (χ4n) is 1.90. The van der Waals surface area contributed by atoms with Crippen LogP contribution in [0.15, 0.2) is 0 Å². The number of nitrogens with one attached hydrogen (secondary N) is 1. The van der Waals surface area contributed by atoms with Crippen LogP contribution in [0.5, 0.6) is 0 Å². The van der Waals surface area contributed by atoms with E-state index in [0.29, 0.717) is 17.7 Å². The Bertz CT molecular complexity index is 201. The van der Waals surface area contributed by atoms with Crippen LogP contribution in [0.25, 0.3) is 0 Å². The molecule has 0 aromatic carbocycles. The van der Waals surface area contributed by atoms with E-state index in [1.807, 2.05) is 11.9 Å². The molecule has 3 heteroatoms. The van der Waals surface area contributed by atoms with E-state index in [9.17, 15) is 4.79 Å². The van der Waals surface area contributed by atoms with Gasteiger partial charge in [-0.1, -0.05) is 13.8 Å². The number of likely N-dealkylation sites (tertiary alicyclic amines) is 1. The lowest BCUT2D eigenvalue weighted by Crippen LogP contribution is -2.30. The Labute approximate surface area is 86.9 Å². The van der Waals surface area contributed by atoms with E-state index >= 15 is 0 Å². The lowest BCUT2D eigenvalue weighted by atomic mass is 9.93. The number of carbonyl (C=O) groups excluding carboxylic acids is 1. The third kappa shape index (κ3) is 3.29. The smallest absolute Gasteiger partial charge is 0.222 e. The molecular weight excluding hydrogens is 176 g/mol. The largest absolute Gasteiger partial charge is 0.342 e. The summed E-state index contributed by atoms with van der Waals surface area (Å²) in [6.45, 7) is 7.28. The molecule has 3 nitrogen and oxygen atoms in total. The van der Waals surface area contributed by atoms with Crippen LogP contribution in [0.3, 0.4) is 0 Å². The van der Waals surface area contributed by atoms with Crippen molar-refractivity contribution in [3.05, 3.63) is 0 Å². The normalized spacial score (nSPS) is 20.1. The zero-order valence-corrected chi connectivity index (χ0v) is 9.60. The zero-order valence-electron chi connectivity index (χ0n) is 9.60. The van der Waals surface area contributed by atoms with Gasteiger partial charge in [-0.3, -0.25) is 4.79 Å². The van der Waals surface area contributed by atoms with Crippen LogP contribution in [0.1, 0.15) is 33.1 Å². The number of amides is 1. The van der Waals surface area contributed by atoms with Crippen LogP contribution in [0.4, 0.5) is 0 Å². The van der Waals surface area contributed by atoms with Gasteiger partial charge in [0.2, 0.25) is 5.91 Å². The molecule has 14 heavy (non-hydrogen) atoms. The van der Waals surface area contributed by atoms with Crippen molar-refractivity contribution in [2.45, 2.75) is 33.1 Å². The molecule has 0 spiro atoms. The van der Waals surface area contributed by atoms with Gasteiger partial charge < -0.3 is 10.2 Å². The summed E-state index contributed by atoms with van der Waals surface area (Å²) >= 11 is 0. The van der Waals surface area contributed by atoms with Gasteiger partial charge in [0.1, 0.15) is 0 Å². The molecule has 0 unspecified atom stereocenters.